The number of nitrogens with zero attached hydrogens (tertiary/aromatic N) is 1. The predicted molar refractivity (Wildman–Crippen MR) is 140 cm³/mol. The van der Waals surface area contributed by atoms with Crippen LogP contribution in [-0.4, -0.2) is 34.0 Å². The van der Waals surface area contributed by atoms with Crippen LogP contribution in [-0.2, 0) is 14.8 Å². The number of hydrogen-bond donors (Lipinski definition) is 1. The molecule has 1 N–H and O–H groups in total. The molecule has 1 amide bonds. The molecule has 0 aromatic heterocycles. The highest BCUT2D eigenvalue weighted by Gasteiger charge is 2.27. The highest BCUT2D eigenvalue weighted by atomic mass is 35.5. The molecule has 0 aliphatic rings. The van der Waals surface area contributed by atoms with Crippen LogP contribution >= 0.6 is 23.2 Å². The van der Waals surface area contributed by atoms with Crippen LogP contribution in [0.1, 0.15) is 0 Å². The molecular formula is C26H22Cl2N2O4S. The van der Waals surface area contributed by atoms with Gasteiger partial charge >= 0.3 is 0 Å². The van der Waals surface area contributed by atoms with Crippen molar-refractivity contribution in [3.8, 4) is 5.75 Å². The fourth-order valence-corrected chi connectivity index (χ4v) is 5.20. The zero-order chi connectivity index (χ0) is 24.8. The quantitative estimate of drug-likeness (QED) is 0.289. The van der Waals surface area contributed by atoms with E-state index in [4.69, 9.17) is 27.9 Å². The Morgan fingerprint density at radius 3 is 2.29 bits per heavy atom. The number of anilines is 1. The number of nitrogens with one attached hydrogen (secondary N) is 1. The minimum Gasteiger partial charge on any atom is -0.492 e. The van der Waals surface area contributed by atoms with Crippen LogP contribution in [0.5, 0.6) is 5.75 Å². The summed E-state index contributed by atoms with van der Waals surface area (Å²) < 4.78 is 33.4. The number of hydrogen-bond acceptors (Lipinski definition) is 4. The summed E-state index contributed by atoms with van der Waals surface area (Å²) in [6.07, 6.45) is 0. The van der Waals surface area contributed by atoms with Gasteiger partial charge in [0.25, 0.3) is 10.0 Å². The molecule has 4 rings (SSSR count). The highest BCUT2D eigenvalue weighted by Crippen LogP contribution is 2.30. The van der Waals surface area contributed by atoms with Crippen molar-refractivity contribution in [2.75, 3.05) is 24.0 Å². The van der Waals surface area contributed by atoms with Crippen LogP contribution in [0.3, 0.4) is 0 Å². The molecule has 0 radical (unpaired) electrons. The lowest BCUT2D eigenvalue weighted by Crippen LogP contribution is -2.41. The first-order valence-corrected chi connectivity index (χ1v) is 13.0. The average molecular weight is 529 g/mol. The third-order valence-electron chi connectivity index (χ3n) is 5.22. The Morgan fingerprint density at radius 1 is 0.829 bits per heavy atom. The minimum absolute atomic E-state index is 0.0542. The van der Waals surface area contributed by atoms with Gasteiger partial charge < -0.3 is 10.1 Å². The average Bonchev–Trinajstić information content (AvgIpc) is 2.87. The molecule has 6 nitrogen and oxygen atoms in total. The second kappa shape index (κ2) is 11.0. The maximum absolute atomic E-state index is 13.3. The monoisotopic (exact) mass is 528 g/mol. The van der Waals surface area contributed by atoms with Gasteiger partial charge in [-0.3, -0.25) is 9.10 Å². The summed E-state index contributed by atoms with van der Waals surface area (Å²) in [4.78, 5) is 12.8. The molecule has 180 valence electrons. The number of amides is 1. The van der Waals surface area contributed by atoms with Crippen molar-refractivity contribution >= 4 is 55.6 Å². The van der Waals surface area contributed by atoms with E-state index in [0.717, 1.165) is 15.1 Å². The molecule has 35 heavy (non-hydrogen) atoms. The first kappa shape index (κ1) is 24.9. The third kappa shape index (κ3) is 6.06. The van der Waals surface area contributed by atoms with Gasteiger partial charge in [0, 0.05) is 0 Å². The van der Waals surface area contributed by atoms with Crippen molar-refractivity contribution in [1.29, 1.82) is 0 Å². The van der Waals surface area contributed by atoms with Crippen LogP contribution in [0.2, 0.25) is 10.0 Å². The number of carbonyl (C=O) groups is 1. The van der Waals surface area contributed by atoms with E-state index in [0.29, 0.717) is 5.75 Å². The van der Waals surface area contributed by atoms with E-state index < -0.39 is 22.5 Å². The van der Waals surface area contributed by atoms with Gasteiger partial charge in [-0.1, -0.05) is 71.7 Å². The van der Waals surface area contributed by atoms with Crippen molar-refractivity contribution in [2.24, 2.45) is 0 Å². The Balaban J connectivity index is 1.43. The van der Waals surface area contributed by atoms with Gasteiger partial charge in [-0.15, -0.1) is 0 Å². The lowest BCUT2D eigenvalue weighted by molar-refractivity contribution is -0.119. The molecule has 0 saturated carbocycles. The molecule has 0 heterocycles. The second-order valence-electron chi connectivity index (χ2n) is 7.63. The van der Waals surface area contributed by atoms with Gasteiger partial charge in [-0.05, 0) is 53.2 Å². The molecule has 0 unspecified atom stereocenters. The lowest BCUT2D eigenvalue weighted by atomic mass is 10.1. The number of carbonyl (C=O) groups excluding carboxylic acids is 1. The van der Waals surface area contributed by atoms with Crippen LogP contribution in [0, 0.1) is 0 Å². The Hall–Kier alpha value is -3.26. The van der Waals surface area contributed by atoms with Gasteiger partial charge in [-0.25, -0.2) is 8.42 Å². The lowest BCUT2D eigenvalue weighted by Gasteiger charge is -2.24. The summed E-state index contributed by atoms with van der Waals surface area (Å²) >= 11 is 12.1. The summed E-state index contributed by atoms with van der Waals surface area (Å²) in [5.74, 6) is 0.194. The molecule has 4 aromatic rings. The Labute approximate surface area is 214 Å². The number of rotatable bonds is 9. The minimum atomic E-state index is -4.03. The van der Waals surface area contributed by atoms with E-state index in [1.807, 2.05) is 42.5 Å². The van der Waals surface area contributed by atoms with Gasteiger partial charge in [0.15, 0.2) is 0 Å². The summed E-state index contributed by atoms with van der Waals surface area (Å²) in [5, 5.41) is 5.33. The fraction of sp³-hybridized carbons (Fsp3) is 0.115. The zero-order valence-electron chi connectivity index (χ0n) is 18.5. The predicted octanol–water partition coefficient (Wildman–Crippen LogP) is 5.54. The largest absolute Gasteiger partial charge is 0.492 e. The van der Waals surface area contributed by atoms with E-state index in [2.05, 4.69) is 5.32 Å². The van der Waals surface area contributed by atoms with Gasteiger partial charge in [0.1, 0.15) is 18.9 Å². The number of ether oxygens (including phenoxy) is 1. The zero-order valence-corrected chi connectivity index (χ0v) is 20.9. The Kier molecular flexibility index (Phi) is 7.80. The SMILES string of the molecule is O=C(CN(c1ccc(Cl)c(Cl)c1)S(=O)(=O)c1ccccc1)NCCOc1ccc2ccccc2c1. The Bertz CT molecular complexity index is 1450. The molecule has 0 saturated heterocycles. The molecule has 0 aliphatic heterocycles. The number of halogens is 2. The number of benzene rings is 4. The normalized spacial score (nSPS) is 11.3. The summed E-state index contributed by atoms with van der Waals surface area (Å²) in [6, 6.07) is 26.0. The van der Waals surface area contributed by atoms with E-state index in [-0.39, 0.29) is 33.8 Å². The van der Waals surface area contributed by atoms with E-state index >= 15 is 0 Å². The van der Waals surface area contributed by atoms with Gasteiger partial charge in [-0.2, -0.15) is 0 Å². The van der Waals surface area contributed by atoms with Crippen LogP contribution in [0.4, 0.5) is 5.69 Å². The molecule has 0 atom stereocenters. The summed E-state index contributed by atoms with van der Waals surface area (Å²) in [5.41, 5.74) is 0.228. The smallest absolute Gasteiger partial charge is 0.264 e. The maximum Gasteiger partial charge on any atom is 0.264 e. The van der Waals surface area contributed by atoms with E-state index in [9.17, 15) is 13.2 Å². The van der Waals surface area contributed by atoms with Crippen molar-refractivity contribution in [3.05, 3.63) is 101 Å². The van der Waals surface area contributed by atoms with Gasteiger partial charge in [0.2, 0.25) is 5.91 Å². The number of fused-ring (bicyclic) bond motifs is 1. The van der Waals surface area contributed by atoms with Crippen LogP contribution in [0.25, 0.3) is 10.8 Å². The summed E-state index contributed by atoms with van der Waals surface area (Å²) in [6.45, 7) is -0.0142. The van der Waals surface area contributed by atoms with E-state index in [1.54, 1.807) is 18.2 Å². The van der Waals surface area contributed by atoms with Crippen molar-refractivity contribution in [2.45, 2.75) is 4.90 Å². The second-order valence-corrected chi connectivity index (χ2v) is 10.3. The highest BCUT2D eigenvalue weighted by molar-refractivity contribution is 7.92. The van der Waals surface area contributed by atoms with Crippen molar-refractivity contribution < 1.29 is 17.9 Å². The standard InChI is InChI=1S/C26H22Cl2N2O4S/c27-24-13-11-21(17-25(24)28)30(35(32,33)23-8-2-1-3-9-23)18-26(31)29-14-15-34-22-12-10-19-6-4-5-7-20(19)16-22/h1-13,16-17H,14-15,18H2,(H,29,31). The first-order valence-electron chi connectivity index (χ1n) is 10.8. The maximum atomic E-state index is 13.3. The van der Waals surface area contributed by atoms with Crippen molar-refractivity contribution in [1.82, 2.24) is 5.32 Å². The first-order chi connectivity index (χ1) is 16.8. The number of sulfonamides is 1. The summed E-state index contributed by atoms with van der Waals surface area (Å²) in [7, 11) is -4.03. The molecule has 9 heteroatoms. The molecule has 0 fully saturated rings. The van der Waals surface area contributed by atoms with Gasteiger partial charge in [0.05, 0.1) is 27.2 Å². The molecule has 0 bridgehead atoms. The topological polar surface area (TPSA) is 75.7 Å². The van der Waals surface area contributed by atoms with Crippen LogP contribution < -0.4 is 14.4 Å². The molecule has 0 spiro atoms. The third-order valence-corrected chi connectivity index (χ3v) is 7.75. The fourth-order valence-electron chi connectivity index (χ4n) is 3.48. The molecule has 4 aromatic carbocycles. The molecular weight excluding hydrogens is 507 g/mol. The molecule has 0 aliphatic carbocycles. The Morgan fingerprint density at radius 2 is 1.54 bits per heavy atom. The van der Waals surface area contributed by atoms with E-state index in [1.165, 1.54) is 30.3 Å². The van der Waals surface area contributed by atoms with Crippen molar-refractivity contribution in [3.63, 3.8) is 0 Å². The van der Waals surface area contributed by atoms with Crippen LogP contribution in [0.15, 0.2) is 95.9 Å².